The van der Waals surface area contributed by atoms with Gasteiger partial charge in [0, 0.05) is 31.3 Å². The minimum absolute atomic E-state index is 0.124. The van der Waals surface area contributed by atoms with E-state index in [0.717, 1.165) is 31.2 Å². The Morgan fingerprint density at radius 3 is 2.68 bits per heavy atom. The minimum Gasteiger partial charge on any atom is -0.375 e. The van der Waals surface area contributed by atoms with Gasteiger partial charge in [-0.2, -0.15) is 0 Å². The first-order chi connectivity index (χ1) is 9.20. The molecule has 0 radical (unpaired) electrons. The van der Waals surface area contributed by atoms with Gasteiger partial charge in [-0.3, -0.25) is 4.90 Å². The van der Waals surface area contributed by atoms with Gasteiger partial charge in [0.2, 0.25) is 0 Å². The van der Waals surface area contributed by atoms with E-state index in [4.69, 9.17) is 4.74 Å². The Kier molecular flexibility index (Phi) is 4.16. The second-order valence-electron chi connectivity index (χ2n) is 7.02. The Hall–Kier alpha value is -0.120. The Morgan fingerprint density at radius 1 is 1.21 bits per heavy atom. The molecular weight excluding hydrogens is 236 g/mol. The average molecular weight is 266 g/mol. The molecule has 19 heavy (non-hydrogen) atoms. The Balaban J connectivity index is 1.62. The molecule has 0 amide bonds. The van der Waals surface area contributed by atoms with Crippen LogP contribution in [0.4, 0.5) is 0 Å². The first kappa shape index (κ1) is 13.8. The molecule has 1 N–H and O–H groups in total. The summed E-state index contributed by atoms with van der Waals surface area (Å²) in [5.41, 5.74) is 0.124. The van der Waals surface area contributed by atoms with Gasteiger partial charge >= 0.3 is 0 Å². The SMILES string of the molecule is CCC1(C)CC(N(CC2CCCN2)C2CC2)CCO1. The predicted molar refractivity (Wildman–Crippen MR) is 78.4 cm³/mol. The summed E-state index contributed by atoms with van der Waals surface area (Å²) < 4.78 is 6.02. The third-order valence-electron chi connectivity index (χ3n) is 5.40. The lowest BCUT2D eigenvalue weighted by atomic mass is 9.88. The van der Waals surface area contributed by atoms with E-state index in [1.807, 2.05) is 0 Å². The summed E-state index contributed by atoms with van der Waals surface area (Å²) in [7, 11) is 0. The van der Waals surface area contributed by atoms with Crippen molar-refractivity contribution in [3.8, 4) is 0 Å². The fourth-order valence-corrected chi connectivity index (χ4v) is 3.80. The van der Waals surface area contributed by atoms with E-state index in [-0.39, 0.29) is 5.60 Å². The molecule has 0 bridgehead atoms. The summed E-state index contributed by atoms with van der Waals surface area (Å²) in [5, 5.41) is 3.67. The summed E-state index contributed by atoms with van der Waals surface area (Å²) in [6.45, 7) is 8.02. The van der Waals surface area contributed by atoms with Crippen molar-refractivity contribution in [2.75, 3.05) is 19.7 Å². The lowest BCUT2D eigenvalue weighted by Crippen LogP contribution is -2.51. The van der Waals surface area contributed by atoms with Crippen LogP contribution in [0, 0.1) is 0 Å². The van der Waals surface area contributed by atoms with Gasteiger partial charge in [-0.05, 0) is 58.4 Å². The largest absolute Gasteiger partial charge is 0.375 e. The first-order valence-electron chi connectivity index (χ1n) is 8.33. The summed E-state index contributed by atoms with van der Waals surface area (Å²) in [6, 6.07) is 2.39. The van der Waals surface area contributed by atoms with Crippen LogP contribution in [0.1, 0.15) is 58.8 Å². The first-order valence-corrected chi connectivity index (χ1v) is 8.33. The maximum absolute atomic E-state index is 6.02. The van der Waals surface area contributed by atoms with Crippen LogP contribution in [0.15, 0.2) is 0 Å². The molecule has 0 aromatic carbocycles. The highest BCUT2D eigenvalue weighted by Crippen LogP contribution is 2.36. The number of rotatable bonds is 5. The molecule has 2 heterocycles. The maximum atomic E-state index is 6.02. The van der Waals surface area contributed by atoms with Crippen molar-refractivity contribution in [1.29, 1.82) is 0 Å². The van der Waals surface area contributed by atoms with Gasteiger partial charge in [0.05, 0.1) is 5.60 Å². The number of nitrogens with one attached hydrogen (secondary N) is 1. The normalized spacial score (nSPS) is 39.9. The van der Waals surface area contributed by atoms with Gasteiger partial charge in [-0.15, -0.1) is 0 Å². The van der Waals surface area contributed by atoms with Gasteiger partial charge < -0.3 is 10.1 Å². The van der Waals surface area contributed by atoms with Gasteiger partial charge in [-0.1, -0.05) is 6.92 Å². The average Bonchev–Trinajstić information content (AvgIpc) is 3.13. The monoisotopic (exact) mass is 266 g/mol. The van der Waals surface area contributed by atoms with E-state index in [9.17, 15) is 0 Å². The van der Waals surface area contributed by atoms with Crippen LogP contribution in [0.2, 0.25) is 0 Å². The fourth-order valence-electron chi connectivity index (χ4n) is 3.80. The smallest absolute Gasteiger partial charge is 0.0666 e. The zero-order valence-electron chi connectivity index (χ0n) is 12.7. The van der Waals surface area contributed by atoms with Gasteiger partial charge in [0.15, 0.2) is 0 Å². The van der Waals surface area contributed by atoms with Gasteiger partial charge in [0.25, 0.3) is 0 Å². The molecule has 110 valence electrons. The Bertz CT molecular complexity index is 299. The highest BCUT2D eigenvalue weighted by Gasteiger charge is 2.40. The predicted octanol–water partition coefficient (Wildman–Crippen LogP) is 2.55. The maximum Gasteiger partial charge on any atom is 0.0666 e. The fraction of sp³-hybridized carbons (Fsp3) is 1.00. The van der Waals surface area contributed by atoms with Crippen molar-refractivity contribution in [2.24, 2.45) is 0 Å². The third-order valence-corrected chi connectivity index (χ3v) is 5.40. The molecule has 0 spiro atoms. The molecule has 0 aromatic heterocycles. The molecule has 1 saturated carbocycles. The molecule has 1 aliphatic carbocycles. The highest BCUT2D eigenvalue weighted by atomic mass is 16.5. The molecule has 3 nitrogen and oxygen atoms in total. The van der Waals surface area contributed by atoms with Crippen LogP contribution in [-0.4, -0.2) is 48.3 Å². The van der Waals surface area contributed by atoms with Crippen molar-refractivity contribution < 1.29 is 4.74 Å². The van der Waals surface area contributed by atoms with Gasteiger partial charge in [-0.25, -0.2) is 0 Å². The van der Waals surface area contributed by atoms with Crippen LogP contribution in [-0.2, 0) is 4.74 Å². The Labute approximate surface area is 118 Å². The standard InChI is InChI=1S/C16H30N2O/c1-3-16(2)11-15(8-10-19-16)18(14-6-7-14)12-13-5-4-9-17-13/h13-15,17H,3-12H2,1-2H3. The van der Waals surface area contributed by atoms with E-state index in [1.54, 1.807) is 0 Å². The van der Waals surface area contributed by atoms with Crippen molar-refractivity contribution in [3.63, 3.8) is 0 Å². The topological polar surface area (TPSA) is 24.5 Å². The number of ether oxygens (including phenoxy) is 1. The zero-order valence-corrected chi connectivity index (χ0v) is 12.7. The van der Waals surface area contributed by atoms with E-state index < -0.39 is 0 Å². The van der Waals surface area contributed by atoms with Crippen LogP contribution < -0.4 is 5.32 Å². The zero-order chi connectivity index (χ0) is 13.3. The van der Waals surface area contributed by atoms with E-state index in [2.05, 4.69) is 24.1 Å². The number of hydrogen-bond acceptors (Lipinski definition) is 3. The quantitative estimate of drug-likeness (QED) is 0.827. The molecule has 3 fully saturated rings. The van der Waals surface area contributed by atoms with Crippen molar-refractivity contribution in [1.82, 2.24) is 10.2 Å². The second kappa shape index (κ2) is 5.71. The van der Waals surface area contributed by atoms with E-state index in [0.29, 0.717) is 0 Å². The summed E-state index contributed by atoms with van der Waals surface area (Å²) in [6.07, 6.45) is 9.19. The summed E-state index contributed by atoms with van der Waals surface area (Å²) in [5.74, 6) is 0. The van der Waals surface area contributed by atoms with Gasteiger partial charge in [0.1, 0.15) is 0 Å². The molecule has 3 heteroatoms. The molecule has 0 aromatic rings. The molecule has 3 rings (SSSR count). The van der Waals surface area contributed by atoms with Crippen LogP contribution in [0.5, 0.6) is 0 Å². The van der Waals surface area contributed by atoms with E-state index >= 15 is 0 Å². The summed E-state index contributed by atoms with van der Waals surface area (Å²) >= 11 is 0. The van der Waals surface area contributed by atoms with Crippen LogP contribution in [0.3, 0.4) is 0 Å². The number of nitrogens with zero attached hydrogens (tertiary/aromatic N) is 1. The third kappa shape index (κ3) is 3.32. The van der Waals surface area contributed by atoms with Crippen molar-refractivity contribution >= 4 is 0 Å². The van der Waals surface area contributed by atoms with Crippen LogP contribution >= 0.6 is 0 Å². The molecule has 2 aliphatic heterocycles. The van der Waals surface area contributed by atoms with Crippen molar-refractivity contribution in [2.45, 2.75) is 82.5 Å². The van der Waals surface area contributed by atoms with E-state index in [1.165, 1.54) is 51.6 Å². The Morgan fingerprint density at radius 2 is 2.05 bits per heavy atom. The second-order valence-corrected chi connectivity index (χ2v) is 7.02. The molecule has 3 aliphatic rings. The van der Waals surface area contributed by atoms with Crippen LogP contribution in [0.25, 0.3) is 0 Å². The highest BCUT2D eigenvalue weighted by molar-refractivity contribution is 4.95. The lowest BCUT2D eigenvalue weighted by Gasteiger charge is -2.43. The molecular formula is C16H30N2O. The lowest BCUT2D eigenvalue weighted by molar-refractivity contribution is -0.0984. The molecule has 2 saturated heterocycles. The number of hydrogen-bond donors (Lipinski definition) is 1. The molecule has 3 unspecified atom stereocenters. The van der Waals surface area contributed by atoms with Crippen molar-refractivity contribution in [3.05, 3.63) is 0 Å². The minimum atomic E-state index is 0.124. The molecule has 3 atom stereocenters. The summed E-state index contributed by atoms with van der Waals surface area (Å²) in [4.78, 5) is 2.83.